The molecule has 0 N–H and O–H groups in total. The van der Waals surface area contributed by atoms with Crippen molar-refractivity contribution in [3.63, 3.8) is 0 Å². The molecule has 1 aliphatic rings. The molecule has 0 aliphatic carbocycles. The quantitative estimate of drug-likeness (QED) is 0.608. The third kappa shape index (κ3) is 4.71. The Bertz CT molecular complexity index is 730. The van der Waals surface area contributed by atoms with E-state index in [9.17, 15) is 14.4 Å². The molecule has 1 aromatic rings. The molecule has 1 aliphatic heterocycles. The molecule has 1 aromatic carbocycles. The van der Waals surface area contributed by atoms with Crippen molar-refractivity contribution in [3.8, 4) is 0 Å². The fraction of sp³-hybridized carbons (Fsp3) is 0.450. The van der Waals surface area contributed by atoms with E-state index in [0.717, 1.165) is 5.57 Å². The van der Waals surface area contributed by atoms with E-state index in [-0.39, 0.29) is 11.7 Å². The highest BCUT2D eigenvalue weighted by Gasteiger charge is 2.24. The molecule has 0 saturated heterocycles. The van der Waals surface area contributed by atoms with Crippen LogP contribution in [0.3, 0.4) is 0 Å². The van der Waals surface area contributed by atoms with Crippen LogP contribution in [-0.2, 0) is 9.47 Å². The zero-order valence-corrected chi connectivity index (χ0v) is 15.7. The van der Waals surface area contributed by atoms with Crippen LogP contribution in [0.4, 0.5) is 4.79 Å². The summed E-state index contributed by atoms with van der Waals surface area (Å²) in [4.78, 5) is 37.5. The minimum atomic E-state index is -0.543. The minimum absolute atomic E-state index is 0.245. The fourth-order valence-corrected chi connectivity index (χ4v) is 2.88. The summed E-state index contributed by atoms with van der Waals surface area (Å²) in [5.74, 6) is -0.543. The van der Waals surface area contributed by atoms with Gasteiger partial charge in [-0.2, -0.15) is 0 Å². The van der Waals surface area contributed by atoms with Gasteiger partial charge in [0.25, 0.3) is 0 Å². The van der Waals surface area contributed by atoms with E-state index in [1.165, 1.54) is 7.11 Å². The number of nitrogens with zero attached hydrogens (tertiary/aromatic N) is 1. The highest BCUT2D eigenvalue weighted by atomic mass is 16.6. The summed E-state index contributed by atoms with van der Waals surface area (Å²) in [6.07, 6.45) is 3.57. The van der Waals surface area contributed by atoms with Crippen molar-refractivity contribution in [2.45, 2.75) is 39.2 Å². The molecular formula is C20H25NO5. The van der Waals surface area contributed by atoms with Crippen LogP contribution in [-0.4, -0.2) is 49.0 Å². The predicted molar refractivity (Wildman–Crippen MR) is 98.2 cm³/mol. The first-order chi connectivity index (χ1) is 12.3. The summed E-state index contributed by atoms with van der Waals surface area (Å²) in [6, 6.07) is 5.11. The average Bonchev–Trinajstić information content (AvgIpc) is 2.85. The predicted octanol–water partition coefficient (Wildman–Crippen LogP) is 3.70. The van der Waals surface area contributed by atoms with Crippen LogP contribution in [0.15, 0.2) is 24.3 Å². The second-order valence-corrected chi connectivity index (χ2v) is 7.11. The number of carbonyl (C=O) groups excluding carboxylic acids is 3. The maximum absolute atomic E-state index is 12.3. The molecule has 0 fully saturated rings. The van der Waals surface area contributed by atoms with Gasteiger partial charge < -0.3 is 14.4 Å². The topological polar surface area (TPSA) is 72.9 Å². The number of methoxy groups -OCH3 is 1. The Hall–Kier alpha value is -2.63. The highest BCUT2D eigenvalue weighted by molar-refractivity contribution is 6.01. The third-order valence-electron chi connectivity index (χ3n) is 4.07. The number of carbonyl (C=O) groups is 3. The molecule has 0 spiro atoms. The molecular weight excluding hydrogens is 334 g/mol. The number of esters is 1. The number of hydrogen-bond donors (Lipinski definition) is 0. The van der Waals surface area contributed by atoms with Crippen molar-refractivity contribution in [1.29, 1.82) is 0 Å². The van der Waals surface area contributed by atoms with Gasteiger partial charge in [-0.1, -0.05) is 18.2 Å². The molecule has 6 nitrogen and oxygen atoms in total. The largest absolute Gasteiger partial charge is 0.465 e. The molecule has 1 heterocycles. The second kappa shape index (κ2) is 8.17. The van der Waals surface area contributed by atoms with E-state index in [0.29, 0.717) is 43.3 Å². The number of amides is 1. The van der Waals surface area contributed by atoms with Crippen molar-refractivity contribution in [2.75, 3.05) is 20.2 Å². The molecule has 0 radical (unpaired) electrons. The number of rotatable bonds is 3. The van der Waals surface area contributed by atoms with Crippen LogP contribution in [0.25, 0.3) is 5.57 Å². The van der Waals surface area contributed by atoms with Crippen LogP contribution in [0.5, 0.6) is 0 Å². The Balaban J connectivity index is 2.22. The maximum Gasteiger partial charge on any atom is 0.410 e. The first-order valence-electron chi connectivity index (χ1n) is 8.60. The smallest absolute Gasteiger partial charge is 0.410 e. The summed E-state index contributed by atoms with van der Waals surface area (Å²) < 4.78 is 10.2. The van der Waals surface area contributed by atoms with Gasteiger partial charge in [0.05, 0.1) is 12.7 Å². The first-order valence-corrected chi connectivity index (χ1v) is 8.60. The van der Waals surface area contributed by atoms with Gasteiger partial charge in [-0.15, -0.1) is 0 Å². The van der Waals surface area contributed by atoms with E-state index < -0.39 is 11.6 Å². The van der Waals surface area contributed by atoms with E-state index in [1.807, 2.05) is 32.9 Å². The lowest BCUT2D eigenvalue weighted by Gasteiger charge is -2.26. The second-order valence-electron chi connectivity index (χ2n) is 7.11. The molecule has 0 atom stereocenters. The van der Waals surface area contributed by atoms with Gasteiger partial charge in [-0.3, -0.25) is 4.79 Å². The van der Waals surface area contributed by atoms with Gasteiger partial charge in [-0.25, -0.2) is 9.59 Å². The molecule has 26 heavy (non-hydrogen) atoms. The third-order valence-corrected chi connectivity index (χ3v) is 4.07. The molecule has 0 saturated carbocycles. The summed E-state index contributed by atoms with van der Waals surface area (Å²) in [6.45, 7) is 6.54. The maximum atomic E-state index is 12.3. The number of ether oxygens (including phenoxy) is 2. The summed E-state index contributed by atoms with van der Waals surface area (Å²) >= 11 is 0. The lowest BCUT2D eigenvalue weighted by Crippen LogP contribution is -2.37. The van der Waals surface area contributed by atoms with Crippen LogP contribution in [0.1, 0.15) is 59.9 Å². The van der Waals surface area contributed by atoms with Crippen LogP contribution in [0.2, 0.25) is 0 Å². The van der Waals surface area contributed by atoms with E-state index >= 15 is 0 Å². The summed E-state index contributed by atoms with van der Waals surface area (Å²) in [5.41, 5.74) is 1.66. The van der Waals surface area contributed by atoms with E-state index in [2.05, 4.69) is 0 Å². The van der Waals surface area contributed by atoms with Gasteiger partial charge in [0.2, 0.25) is 0 Å². The molecule has 1 amide bonds. The number of benzene rings is 1. The molecule has 0 unspecified atom stereocenters. The SMILES string of the molecule is COC(=O)c1cccc(C2=CCCN(C(=O)OC(C)(C)C)CC2)c1C=O. The van der Waals surface area contributed by atoms with E-state index in [4.69, 9.17) is 9.47 Å². The van der Waals surface area contributed by atoms with Gasteiger partial charge in [0, 0.05) is 18.7 Å². The molecule has 0 aromatic heterocycles. The zero-order chi connectivity index (χ0) is 19.3. The lowest BCUT2D eigenvalue weighted by molar-refractivity contribution is 0.0260. The monoisotopic (exact) mass is 359 g/mol. The van der Waals surface area contributed by atoms with Crippen molar-refractivity contribution in [3.05, 3.63) is 41.0 Å². The summed E-state index contributed by atoms with van der Waals surface area (Å²) in [7, 11) is 1.28. The van der Waals surface area contributed by atoms with Crippen LogP contribution in [0, 0.1) is 0 Å². The van der Waals surface area contributed by atoms with Crippen molar-refractivity contribution >= 4 is 23.9 Å². The van der Waals surface area contributed by atoms with Gasteiger partial charge in [-0.05, 0) is 50.8 Å². The molecule has 6 heteroatoms. The number of aldehydes is 1. The van der Waals surface area contributed by atoms with Crippen molar-refractivity contribution in [2.24, 2.45) is 0 Å². The Labute approximate surface area is 153 Å². The Morgan fingerprint density at radius 3 is 2.54 bits per heavy atom. The minimum Gasteiger partial charge on any atom is -0.465 e. The Morgan fingerprint density at radius 2 is 1.92 bits per heavy atom. The Kier molecular flexibility index (Phi) is 6.18. The Morgan fingerprint density at radius 1 is 1.19 bits per heavy atom. The lowest BCUT2D eigenvalue weighted by atomic mass is 9.94. The normalized spacial score (nSPS) is 14.9. The standard InChI is InChI=1S/C20H25NO5/c1-20(2,3)26-19(24)21-11-6-7-14(10-12-21)15-8-5-9-16(17(15)13-22)18(23)25-4/h5,7-9,13H,6,10-12H2,1-4H3. The molecule has 140 valence electrons. The number of hydrogen-bond acceptors (Lipinski definition) is 5. The fourth-order valence-electron chi connectivity index (χ4n) is 2.88. The molecule has 0 bridgehead atoms. The first kappa shape index (κ1) is 19.7. The van der Waals surface area contributed by atoms with Crippen molar-refractivity contribution in [1.82, 2.24) is 4.90 Å². The van der Waals surface area contributed by atoms with Gasteiger partial charge in [0.1, 0.15) is 5.60 Å². The van der Waals surface area contributed by atoms with E-state index in [1.54, 1.807) is 17.0 Å². The summed E-state index contributed by atoms with van der Waals surface area (Å²) in [5, 5.41) is 0. The van der Waals surface area contributed by atoms with Crippen molar-refractivity contribution < 1.29 is 23.9 Å². The molecule has 2 rings (SSSR count). The van der Waals surface area contributed by atoms with Gasteiger partial charge in [0.15, 0.2) is 6.29 Å². The van der Waals surface area contributed by atoms with Gasteiger partial charge >= 0.3 is 12.1 Å². The van der Waals surface area contributed by atoms with Crippen LogP contribution < -0.4 is 0 Å². The highest BCUT2D eigenvalue weighted by Crippen LogP contribution is 2.27. The average molecular weight is 359 g/mol. The zero-order valence-electron chi connectivity index (χ0n) is 15.7. The van der Waals surface area contributed by atoms with Crippen LogP contribution >= 0.6 is 0 Å².